The van der Waals surface area contributed by atoms with E-state index in [0.29, 0.717) is 0 Å². The summed E-state index contributed by atoms with van der Waals surface area (Å²) < 4.78 is 2.06. The van der Waals surface area contributed by atoms with Crippen LogP contribution in [-0.2, 0) is 6.42 Å². The summed E-state index contributed by atoms with van der Waals surface area (Å²) in [7, 11) is 0. The van der Waals surface area contributed by atoms with E-state index >= 15 is 0 Å². The quantitative estimate of drug-likeness (QED) is 0.593. The highest BCUT2D eigenvalue weighted by Gasteiger charge is 2.10. The maximum atomic E-state index is 4.56. The third-order valence-corrected chi connectivity index (χ3v) is 4.12. The highest BCUT2D eigenvalue weighted by Crippen LogP contribution is 2.25. The van der Waals surface area contributed by atoms with Gasteiger partial charge in [0.15, 0.2) is 11.5 Å². The van der Waals surface area contributed by atoms with Crippen molar-refractivity contribution in [2.24, 2.45) is 0 Å². The van der Waals surface area contributed by atoms with E-state index in [4.69, 9.17) is 0 Å². The van der Waals surface area contributed by atoms with Crippen molar-refractivity contribution < 1.29 is 0 Å². The maximum absolute atomic E-state index is 4.56. The van der Waals surface area contributed by atoms with Crippen LogP contribution in [0.1, 0.15) is 12.5 Å². The summed E-state index contributed by atoms with van der Waals surface area (Å²) in [5, 5.41) is 3.37. The molecule has 0 unspecified atom stereocenters. The van der Waals surface area contributed by atoms with Gasteiger partial charge in [-0.25, -0.2) is 9.97 Å². The molecule has 4 rings (SSSR count). The molecule has 4 nitrogen and oxygen atoms in total. The van der Waals surface area contributed by atoms with Crippen molar-refractivity contribution in [2.45, 2.75) is 13.3 Å². The Bertz CT molecular complexity index is 956. The van der Waals surface area contributed by atoms with Gasteiger partial charge in [-0.3, -0.25) is 4.40 Å². The van der Waals surface area contributed by atoms with Crippen LogP contribution >= 0.6 is 0 Å². The number of benzene rings is 2. The lowest BCUT2D eigenvalue weighted by atomic mass is 10.1. The van der Waals surface area contributed by atoms with E-state index in [1.54, 1.807) is 6.20 Å². The Kier molecular flexibility index (Phi) is 3.71. The van der Waals surface area contributed by atoms with Crippen LogP contribution in [-0.4, -0.2) is 14.4 Å². The van der Waals surface area contributed by atoms with Crippen molar-refractivity contribution in [3.8, 4) is 11.3 Å². The molecule has 4 heteroatoms. The van der Waals surface area contributed by atoms with Gasteiger partial charge < -0.3 is 5.32 Å². The van der Waals surface area contributed by atoms with Gasteiger partial charge in [0.2, 0.25) is 0 Å². The first-order valence-electron chi connectivity index (χ1n) is 8.08. The fourth-order valence-corrected chi connectivity index (χ4v) is 2.79. The van der Waals surface area contributed by atoms with Gasteiger partial charge in [0.1, 0.15) is 0 Å². The minimum Gasteiger partial charge on any atom is -0.337 e. The van der Waals surface area contributed by atoms with Crippen LogP contribution in [0, 0.1) is 0 Å². The Morgan fingerprint density at radius 1 is 0.958 bits per heavy atom. The molecule has 0 aliphatic heterocycles. The predicted molar refractivity (Wildman–Crippen MR) is 97.5 cm³/mol. The Balaban J connectivity index is 1.73. The summed E-state index contributed by atoms with van der Waals surface area (Å²) in [5.41, 5.74) is 5.33. The van der Waals surface area contributed by atoms with Crippen LogP contribution in [0.25, 0.3) is 16.9 Å². The molecule has 2 aromatic carbocycles. The lowest BCUT2D eigenvalue weighted by molar-refractivity contribution is 1.13. The second-order valence-electron chi connectivity index (χ2n) is 5.65. The monoisotopic (exact) mass is 314 g/mol. The molecule has 2 heterocycles. The Morgan fingerprint density at radius 3 is 2.50 bits per heavy atom. The van der Waals surface area contributed by atoms with E-state index in [1.807, 2.05) is 30.6 Å². The molecule has 24 heavy (non-hydrogen) atoms. The van der Waals surface area contributed by atoms with Crippen LogP contribution in [0.2, 0.25) is 0 Å². The third-order valence-electron chi connectivity index (χ3n) is 4.12. The molecule has 0 spiro atoms. The highest BCUT2D eigenvalue weighted by molar-refractivity contribution is 5.74. The number of aromatic nitrogens is 3. The molecule has 0 fully saturated rings. The molecule has 2 aromatic heterocycles. The van der Waals surface area contributed by atoms with Crippen molar-refractivity contribution in [1.82, 2.24) is 14.4 Å². The molecule has 0 radical (unpaired) electrons. The van der Waals surface area contributed by atoms with E-state index < -0.39 is 0 Å². The first-order chi connectivity index (χ1) is 11.8. The number of imidazole rings is 1. The van der Waals surface area contributed by atoms with Crippen molar-refractivity contribution in [1.29, 1.82) is 0 Å². The summed E-state index contributed by atoms with van der Waals surface area (Å²) in [6.45, 7) is 2.15. The SMILES string of the molecule is CCc1ccc(Nc2nccn3c(-c4ccccc4)cnc23)cc1. The molecular formula is C20H18N4. The van der Waals surface area contributed by atoms with Crippen molar-refractivity contribution in [3.63, 3.8) is 0 Å². The van der Waals surface area contributed by atoms with Gasteiger partial charge in [-0.05, 0) is 24.1 Å². The topological polar surface area (TPSA) is 42.2 Å². The molecule has 0 atom stereocenters. The van der Waals surface area contributed by atoms with Gasteiger partial charge >= 0.3 is 0 Å². The lowest BCUT2D eigenvalue weighted by Crippen LogP contribution is -1.98. The number of hydrogen-bond donors (Lipinski definition) is 1. The zero-order valence-corrected chi connectivity index (χ0v) is 13.5. The molecule has 0 aliphatic carbocycles. The predicted octanol–water partition coefficient (Wildman–Crippen LogP) is 4.70. The van der Waals surface area contributed by atoms with Crippen molar-refractivity contribution in [3.05, 3.63) is 78.8 Å². The smallest absolute Gasteiger partial charge is 0.180 e. The van der Waals surface area contributed by atoms with Gasteiger partial charge in [-0.2, -0.15) is 0 Å². The fourth-order valence-electron chi connectivity index (χ4n) is 2.79. The summed E-state index contributed by atoms with van der Waals surface area (Å²) in [4.78, 5) is 9.02. The zero-order valence-electron chi connectivity index (χ0n) is 13.5. The molecule has 4 aromatic rings. The second-order valence-corrected chi connectivity index (χ2v) is 5.65. The first-order valence-corrected chi connectivity index (χ1v) is 8.08. The molecule has 1 N–H and O–H groups in total. The first kappa shape index (κ1) is 14.5. The summed E-state index contributed by atoms with van der Waals surface area (Å²) in [6, 6.07) is 18.7. The number of anilines is 2. The Labute approximate surface area is 140 Å². The molecule has 0 aliphatic rings. The molecule has 118 valence electrons. The van der Waals surface area contributed by atoms with E-state index in [9.17, 15) is 0 Å². The maximum Gasteiger partial charge on any atom is 0.180 e. The average Bonchev–Trinajstić information content (AvgIpc) is 3.08. The standard InChI is InChI=1S/C20H18N4/c1-2-15-8-10-17(11-9-15)23-19-20-22-14-18(24(20)13-12-21-19)16-6-4-3-5-7-16/h3-14H,2H2,1H3,(H,21,23). The number of rotatable bonds is 4. The molecular weight excluding hydrogens is 296 g/mol. The fraction of sp³-hybridized carbons (Fsp3) is 0.100. The van der Waals surface area contributed by atoms with E-state index in [0.717, 1.165) is 34.8 Å². The molecule has 0 bridgehead atoms. The highest BCUT2D eigenvalue weighted by atomic mass is 15.1. The minimum absolute atomic E-state index is 0.754. The van der Waals surface area contributed by atoms with Gasteiger partial charge in [0.05, 0.1) is 11.9 Å². The average molecular weight is 314 g/mol. The molecule has 0 saturated carbocycles. The zero-order chi connectivity index (χ0) is 16.4. The van der Waals surface area contributed by atoms with Crippen LogP contribution in [0.4, 0.5) is 11.5 Å². The molecule has 0 saturated heterocycles. The van der Waals surface area contributed by atoms with Crippen LogP contribution < -0.4 is 5.32 Å². The number of fused-ring (bicyclic) bond motifs is 1. The summed E-state index contributed by atoms with van der Waals surface area (Å²) >= 11 is 0. The van der Waals surface area contributed by atoms with Crippen LogP contribution in [0.15, 0.2) is 73.2 Å². The van der Waals surface area contributed by atoms with Crippen molar-refractivity contribution >= 4 is 17.2 Å². The lowest BCUT2D eigenvalue weighted by Gasteiger charge is -2.08. The van der Waals surface area contributed by atoms with E-state index in [2.05, 4.69) is 63.0 Å². The van der Waals surface area contributed by atoms with E-state index in [1.165, 1.54) is 5.56 Å². The van der Waals surface area contributed by atoms with Crippen LogP contribution in [0.5, 0.6) is 0 Å². The largest absolute Gasteiger partial charge is 0.337 e. The summed E-state index contributed by atoms with van der Waals surface area (Å²) in [6.07, 6.45) is 6.66. The van der Waals surface area contributed by atoms with E-state index in [-0.39, 0.29) is 0 Å². The Hall–Kier alpha value is -3.14. The normalized spacial score (nSPS) is 10.9. The number of nitrogens with one attached hydrogen (secondary N) is 1. The molecule has 0 amide bonds. The third kappa shape index (κ3) is 2.63. The van der Waals surface area contributed by atoms with Crippen molar-refractivity contribution in [2.75, 3.05) is 5.32 Å². The van der Waals surface area contributed by atoms with Gasteiger partial charge in [0.25, 0.3) is 0 Å². The summed E-state index contributed by atoms with van der Waals surface area (Å²) in [5.74, 6) is 0.754. The van der Waals surface area contributed by atoms with Crippen LogP contribution in [0.3, 0.4) is 0 Å². The van der Waals surface area contributed by atoms with Gasteiger partial charge in [0, 0.05) is 23.6 Å². The van der Waals surface area contributed by atoms with Gasteiger partial charge in [-0.15, -0.1) is 0 Å². The second kappa shape index (κ2) is 6.16. The minimum atomic E-state index is 0.754. The number of nitrogens with zero attached hydrogens (tertiary/aromatic N) is 3. The van der Waals surface area contributed by atoms with Gasteiger partial charge in [-0.1, -0.05) is 49.4 Å². The number of aryl methyl sites for hydroxylation is 1. The number of hydrogen-bond acceptors (Lipinski definition) is 3. The Morgan fingerprint density at radius 2 is 1.75 bits per heavy atom.